The van der Waals surface area contributed by atoms with Gasteiger partial charge in [-0.15, -0.1) is 0 Å². The average molecular weight is 337 g/mol. The fourth-order valence-corrected chi connectivity index (χ4v) is 4.64. The van der Waals surface area contributed by atoms with Crippen molar-refractivity contribution in [3.05, 3.63) is 23.8 Å². The van der Waals surface area contributed by atoms with Crippen LogP contribution in [0.25, 0.3) is 0 Å². The second-order valence-electron chi connectivity index (χ2n) is 5.97. The van der Waals surface area contributed by atoms with E-state index in [2.05, 4.69) is 5.32 Å². The molecule has 0 bridgehead atoms. The molecule has 2 amide bonds. The van der Waals surface area contributed by atoms with Gasteiger partial charge in [-0.25, -0.2) is 8.42 Å². The number of anilines is 1. The Hall–Kier alpha value is -1.93. The van der Waals surface area contributed by atoms with Crippen LogP contribution < -0.4 is 11.1 Å². The number of carbonyl (C=O) groups is 2. The van der Waals surface area contributed by atoms with Gasteiger partial charge in [-0.3, -0.25) is 9.59 Å². The van der Waals surface area contributed by atoms with Crippen molar-refractivity contribution in [2.75, 3.05) is 18.4 Å². The maximum absolute atomic E-state index is 12.8. The first kappa shape index (κ1) is 15.9. The minimum Gasteiger partial charge on any atom is -0.369 e. The van der Waals surface area contributed by atoms with Gasteiger partial charge in [0.1, 0.15) is 0 Å². The van der Waals surface area contributed by atoms with Crippen molar-refractivity contribution in [3.63, 3.8) is 0 Å². The number of rotatable bonds is 3. The molecule has 1 aromatic carbocycles. The van der Waals surface area contributed by atoms with Gasteiger partial charge in [0.05, 0.1) is 10.8 Å². The van der Waals surface area contributed by atoms with Crippen molar-refractivity contribution < 1.29 is 18.0 Å². The highest BCUT2D eigenvalue weighted by Crippen LogP contribution is 2.29. The van der Waals surface area contributed by atoms with E-state index in [0.29, 0.717) is 37.9 Å². The van der Waals surface area contributed by atoms with E-state index in [1.807, 2.05) is 0 Å². The van der Waals surface area contributed by atoms with Crippen molar-refractivity contribution >= 4 is 27.5 Å². The molecule has 0 aliphatic carbocycles. The fourth-order valence-electron chi connectivity index (χ4n) is 3.06. The summed E-state index contributed by atoms with van der Waals surface area (Å²) in [4.78, 5) is 22.9. The van der Waals surface area contributed by atoms with Gasteiger partial charge in [0.2, 0.25) is 21.8 Å². The first-order chi connectivity index (χ1) is 10.9. The summed E-state index contributed by atoms with van der Waals surface area (Å²) in [5.41, 5.74) is 6.79. The number of hydrogen-bond acceptors (Lipinski definition) is 4. The third-order valence-corrected chi connectivity index (χ3v) is 6.26. The highest BCUT2D eigenvalue weighted by atomic mass is 32.2. The zero-order valence-corrected chi connectivity index (χ0v) is 13.4. The Bertz CT molecular complexity index is 760. The highest BCUT2D eigenvalue weighted by molar-refractivity contribution is 7.89. The van der Waals surface area contributed by atoms with Crippen molar-refractivity contribution in [2.45, 2.75) is 30.6 Å². The second-order valence-corrected chi connectivity index (χ2v) is 7.91. The SMILES string of the molecule is NC(=O)C1CCCN(S(=O)(=O)c2ccc3c(c2)CCC(=O)N3)C1. The number of primary amides is 1. The van der Waals surface area contributed by atoms with Gasteiger partial charge >= 0.3 is 0 Å². The number of nitrogens with one attached hydrogen (secondary N) is 1. The third kappa shape index (κ3) is 3.09. The minimum atomic E-state index is -3.66. The van der Waals surface area contributed by atoms with E-state index in [1.165, 1.54) is 10.4 Å². The largest absolute Gasteiger partial charge is 0.369 e. The van der Waals surface area contributed by atoms with Crippen LogP contribution in [0.1, 0.15) is 24.8 Å². The van der Waals surface area contributed by atoms with Crippen molar-refractivity contribution in [3.8, 4) is 0 Å². The number of carbonyl (C=O) groups excluding carboxylic acids is 2. The molecule has 0 spiro atoms. The molecule has 1 fully saturated rings. The first-order valence-electron chi connectivity index (χ1n) is 7.60. The molecule has 0 aromatic heterocycles. The highest BCUT2D eigenvalue weighted by Gasteiger charge is 2.33. The number of fused-ring (bicyclic) bond motifs is 1. The Morgan fingerprint density at radius 3 is 2.83 bits per heavy atom. The van der Waals surface area contributed by atoms with Crippen molar-refractivity contribution in [2.24, 2.45) is 11.7 Å². The number of piperidine rings is 1. The molecular weight excluding hydrogens is 318 g/mol. The molecule has 2 heterocycles. The second kappa shape index (κ2) is 5.93. The van der Waals surface area contributed by atoms with E-state index in [1.54, 1.807) is 12.1 Å². The average Bonchev–Trinajstić information content (AvgIpc) is 2.54. The standard InChI is InChI=1S/C15H19N3O4S/c16-15(20)11-2-1-7-18(9-11)23(21,22)12-4-5-13-10(8-12)3-6-14(19)17-13/h4-5,8,11H,1-3,6-7,9H2,(H2,16,20)(H,17,19). The summed E-state index contributed by atoms with van der Waals surface area (Å²) in [6.45, 7) is 0.519. The molecule has 8 heteroatoms. The first-order valence-corrected chi connectivity index (χ1v) is 9.04. The van der Waals surface area contributed by atoms with Gasteiger partial charge in [0.15, 0.2) is 0 Å². The number of benzene rings is 1. The maximum Gasteiger partial charge on any atom is 0.243 e. The maximum atomic E-state index is 12.8. The van der Waals surface area contributed by atoms with Crippen LogP contribution in [0.15, 0.2) is 23.1 Å². The summed E-state index contributed by atoms with van der Waals surface area (Å²) in [5.74, 6) is -0.957. The van der Waals surface area contributed by atoms with E-state index in [9.17, 15) is 18.0 Å². The molecule has 2 aliphatic heterocycles. The summed E-state index contributed by atoms with van der Waals surface area (Å²) in [6.07, 6.45) is 2.11. The van der Waals surface area contributed by atoms with Crippen molar-refractivity contribution in [1.29, 1.82) is 0 Å². The summed E-state index contributed by atoms with van der Waals surface area (Å²) in [5, 5.41) is 2.73. The van der Waals surface area contributed by atoms with Gasteiger partial charge in [-0.1, -0.05) is 0 Å². The normalized spacial score (nSPS) is 22.3. The Kier molecular flexibility index (Phi) is 4.11. The Morgan fingerprint density at radius 2 is 2.09 bits per heavy atom. The van der Waals surface area contributed by atoms with Crippen LogP contribution in [0.3, 0.4) is 0 Å². The molecular formula is C15H19N3O4S. The zero-order valence-electron chi connectivity index (χ0n) is 12.6. The summed E-state index contributed by atoms with van der Waals surface area (Å²) in [7, 11) is -3.66. The van der Waals surface area contributed by atoms with Crippen LogP contribution in [-0.4, -0.2) is 37.6 Å². The lowest BCUT2D eigenvalue weighted by molar-refractivity contribution is -0.122. The lowest BCUT2D eigenvalue weighted by Crippen LogP contribution is -2.44. The number of sulfonamides is 1. The zero-order chi connectivity index (χ0) is 16.6. The number of hydrogen-bond donors (Lipinski definition) is 2. The molecule has 0 radical (unpaired) electrons. The summed E-state index contributed by atoms with van der Waals surface area (Å²) < 4.78 is 26.9. The predicted molar refractivity (Wildman–Crippen MR) is 84.1 cm³/mol. The van der Waals surface area contributed by atoms with Gasteiger partial charge in [-0.05, 0) is 43.0 Å². The summed E-state index contributed by atoms with van der Waals surface area (Å²) in [6, 6.07) is 4.72. The Morgan fingerprint density at radius 1 is 1.30 bits per heavy atom. The van der Waals surface area contributed by atoms with Crippen LogP contribution in [0.2, 0.25) is 0 Å². The predicted octanol–water partition coefficient (Wildman–Crippen LogP) is 0.457. The van der Waals surface area contributed by atoms with Gasteiger partial charge in [-0.2, -0.15) is 4.31 Å². The quantitative estimate of drug-likeness (QED) is 0.835. The van der Waals surface area contributed by atoms with E-state index >= 15 is 0 Å². The fraction of sp³-hybridized carbons (Fsp3) is 0.467. The van der Waals surface area contributed by atoms with Crippen LogP contribution >= 0.6 is 0 Å². The Labute approximate surface area is 134 Å². The van der Waals surface area contributed by atoms with Crippen molar-refractivity contribution in [1.82, 2.24) is 4.31 Å². The third-order valence-electron chi connectivity index (χ3n) is 4.40. The van der Waals surface area contributed by atoms with Crippen LogP contribution in [0, 0.1) is 5.92 Å². The van der Waals surface area contributed by atoms with Crippen LogP contribution in [0.4, 0.5) is 5.69 Å². The van der Waals surface area contributed by atoms with Gasteiger partial charge in [0, 0.05) is 25.2 Å². The molecule has 124 valence electrons. The lowest BCUT2D eigenvalue weighted by Gasteiger charge is -2.30. The van der Waals surface area contributed by atoms with Gasteiger partial charge in [0.25, 0.3) is 0 Å². The number of amides is 2. The lowest BCUT2D eigenvalue weighted by atomic mass is 9.99. The molecule has 1 aromatic rings. The molecule has 3 rings (SSSR count). The molecule has 0 saturated carbocycles. The molecule has 7 nitrogen and oxygen atoms in total. The molecule has 1 atom stereocenters. The molecule has 1 saturated heterocycles. The van der Waals surface area contributed by atoms with E-state index in [4.69, 9.17) is 5.73 Å². The monoisotopic (exact) mass is 337 g/mol. The van der Waals surface area contributed by atoms with E-state index in [0.717, 1.165) is 5.56 Å². The topological polar surface area (TPSA) is 110 Å². The summed E-state index contributed by atoms with van der Waals surface area (Å²) >= 11 is 0. The molecule has 3 N–H and O–H groups in total. The van der Waals surface area contributed by atoms with Gasteiger partial charge < -0.3 is 11.1 Å². The molecule has 1 unspecified atom stereocenters. The number of nitrogens with zero attached hydrogens (tertiary/aromatic N) is 1. The minimum absolute atomic E-state index is 0.0616. The number of nitrogens with two attached hydrogens (primary N) is 1. The van der Waals surface area contributed by atoms with Crippen LogP contribution in [0.5, 0.6) is 0 Å². The molecule has 2 aliphatic rings. The number of aryl methyl sites for hydroxylation is 1. The smallest absolute Gasteiger partial charge is 0.243 e. The molecule has 23 heavy (non-hydrogen) atoms. The van der Waals surface area contributed by atoms with Crippen LogP contribution in [-0.2, 0) is 26.0 Å². The van der Waals surface area contributed by atoms with E-state index < -0.39 is 21.8 Å². The van der Waals surface area contributed by atoms with E-state index in [-0.39, 0.29) is 17.3 Å². The Balaban J connectivity index is 1.88.